The fourth-order valence-electron chi connectivity index (χ4n) is 1.21. The molecular formula is C9H7N3O3S2. The van der Waals surface area contributed by atoms with Gasteiger partial charge in [0.25, 0.3) is 5.91 Å². The second kappa shape index (κ2) is 5.02. The van der Waals surface area contributed by atoms with Gasteiger partial charge in [-0.15, -0.1) is 21.5 Å². The first-order chi connectivity index (χ1) is 8.16. The average molecular weight is 269 g/mol. The predicted octanol–water partition coefficient (Wildman–Crippen LogP) is 1.48. The van der Waals surface area contributed by atoms with Crippen molar-refractivity contribution in [3.63, 3.8) is 0 Å². The van der Waals surface area contributed by atoms with Gasteiger partial charge in [-0.1, -0.05) is 11.3 Å². The van der Waals surface area contributed by atoms with Crippen molar-refractivity contribution < 1.29 is 14.7 Å². The van der Waals surface area contributed by atoms with E-state index in [-0.39, 0.29) is 12.3 Å². The van der Waals surface area contributed by atoms with Crippen molar-refractivity contribution in [1.29, 1.82) is 0 Å². The number of aliphatic carboxylic acids is 1. The van der Waals surface area contributed by atoms with Crippen LogP contribution < -0.4 is 5.32 Å². The third-order valence-corrected chi connectivity index (χ3v) is 3.41. The molecule has 17 heavy (non-hydrogen) atoms. The zero-order valence-electron chi connectivity index (χ0n) is 8.41. The highest BCUT2D eigenvalue weighted by Gasteiger charge is 2.16. The molecule has 2 N–H and O–H groups in total. The summed E-state index contributed by atoms with van der Waals surface area (Å²) in [6.07, 6.45) is -0.156. The Bertz CT molecular complexity index is 535. The minimum atomic E-state index is -0.961. The van der Waals surface area contributed by atoms with E-state index in [0.717, 1.165) is 0 Å². The predicted molar refractivity (Wildman–Crippen MR) is 63.5 cm³/mol. The molecule has 0 radical (unpaired) electrons. The highest BCUT2D eigenvalue weighted by atomic mass is 32.1. The molecule has 2 heterocycles. The lowest BCUT2D eigenvalue weighted by molar-refractivity contribution is -0.136. The van der Waals surface area contributed by atoms with Gasteiger partial charge in [0.05, 0.1) is 12.0 Å². The van der Waals surface area contributed by atoms with Crippen molar-refractivity contribution in [2.45, 2.75) is 6.42 Å². The molecule has 0 saturated heterocycles. The van der Waals surface area contributed by atoms with E-state index in [1.165, 1.54) is 28.2 Å². The van der Waals surface area contributed by atoms with Crippen molar-refractivity contribution >= 4 is 39.7 Å². The van der Waals surface area contributed by atoms with Gasteiger partial charge in [-0.3, -0.25) is 14.9 Å². The van der Waals surface area contributed by atoms with Crippen LogP contribution in [-0.4, -0.2) is 27.2 Å². The Morgan fingerprint density at radius 2 is 2.24 bits per heavy atom. The number of carboxylic acids is 1. The number of aromatic nitrogens is 2. The van der Waals surface area contributed by atoms with Crippen LogP contribution >= 0.6 is 22.7 Å². The molecule has 2 aromatic rings. The van der Waals surface area contributed by atoms with Crippen LogP contribution in [0.3, 0.4) is 0 Å². The summed E-state index contributed by atoms with van der Waals surface area (Å²) in [4.78, 5) is 23.0. The van der Waals surface area contributed by atoms with Crippen molar-refractivity contribution in [3.05, 3.63) is 27.4 Å². The molecule has 8 heteroatoms. The molecule has 88 valence electrons. The Labute approximate surface area is 104 Å². The summed E-state index contributed by atoms with van der Waals surface area (Å²) in [6.45, 7) is 0. The number of thiophene rings is 1. The number of carbonyl (C=O) groups excluding carboxylic acids is 1. The maximum atomic E-state index is 11.8. The summed E-state index contributed by atoms with van der Waals surface area (Å²) < 4.78 is 0. The monoisotopic (exact) mass is 269 g/mol. The van der Waals surface area contributed by atoms with Crippen molar-refractivity contribution in [2.24, 2.45) is 0 Å². The lowest BCUT2D eigenvalue weighted by atomic mass is 10.2. The van der Waals surface area contributed by atoms with E-state index in [1.54, 1.807) is 11.4 Å². The van der Waals surface area contributed by atoms with Gasteiger partial charge in [-0.05, 0) is 11.4 Å². The minimum absolute atomic E-state index is 0.156. The van der Waals surface area contributed by atoms with Crippen LogP contribution in [0.2, 0.25) is 0 Å². The maximum Gasteiger partial charge on any atom is 0.308 e. The standard InChI is InChI=1S/C9H7N3O3S2/c13-7(14)3-6-5(1-2-16-6)8(15)11-9-12-10-4-17-9/h1-2,4H,3H2,(H,13,14)(H,11,12,15). The Balaban J connectivity index is 2.14. The van der Waals surface area contributed by atoms with E-state index in [4.69, 9.17) is 5.11 Å². The third kappa shape index (κ3) is 2.86. The van der Waals surface area contributed by atoms with Crippen LogP contribution in [0, 0.1) is 0 Å². The molecule has 2 rings (SSSR count). The van der Waals surface area contributed by atoms with Gasteiger partial charge in [0.1, 0.15) is 5.51 Å². The van der Waals surface area contributed by atoms with E-state index in [2.05, 4.69) is 15.5 Å². The quantitative estimate of drug-likeness (QED) is 0.877. The summed E-state index contributed by atoms with van der Waals surface area (Å²) in [6, 6.07) is 1.60. The molecular weight excluding hydrogens is 262 g/mol. The molecule has 2 aromatic heterocycles. The normalized spacial score (nSPS) is 10.1. The summed E-state index contributed by atoms with van der Waals surface area (Å²) in [5, 5.41) is 20.6. The van der Waals surface area contributed by atoms with Gasteiger partial charge in [-0.25, -0.2) is 0 Å². The first-order valence-electron chi connectivity index (χ1n) is 4.52. The molecule has 0 bridgehead atoms. The van der Waals surface area contributed by atoms with E-state index < -0.39 is 5.97 Å². The number of hydrogen-bond acceptors (Lipinski definition) is 6. The van der Waals surface area contributed by atoms with E-state index in [9.17, 15) is 9.59 Å². The number of nitrogens with zero attached hydrogens (tertiary/aromatic N) is 2. The molecule has 0 aliphatic carbocycles. The molecule has 0 aromatic carbocycles. The van der Waals surface area contributed by atoms with Gasteiger partial charge >= 0.3 is 5.97 Å². The number of carboxylic acid groups (broad SMARTS) is 1. The Kier molecular flexibility index (Phi) is 3.45. The van der Waals surface area contributed by atoms with Crippen LogP contribution in [0.15, 0.2) is 17.0 Å². The van der Waals surface area contributed by atoms with Crippen LogP contribution in [-0.2, 0) is 11.2 Å². The first kappa shape index (κ1) is 11.7. The van der Waals surface area contributed by atoms with Crippen LogP contribution in [0.25, 0.3) is 0 Å². The highest BCUT2D eigenvalue weighted by molar-refractivity contribution is 7.13. The average Bonchev–Trinajstić information content (AvgIpc) is 2.87. The SMILES string of the molecule is O=C(O)Cc1sccc1C(=O)Nc1nncs1. The van der Waals surface area contributed by atoms with Crippen LogP contribution in [0.5, 0.6) is 0 Å². The molecule has 0 saturated carbocycles. The fraction of sp³-hybridized carbons (Fsp3) is 0.111. The van der Waals surface area contributed by atoms with Gasteiger partial charge in [-0.2, -0.15) is 0 Å². The van der Waals surface area contributed by atoms with E-state index in [0.29, 0.717) is 15.6 Å². The molecule has 0 aliphatic rings. The zero-order chi connectivity index (χ0) is 12.3. The fourth-order valence-corrected chi connectivity index (χ4v) is 2.51. The number of rotatable bonds is 4. The Morgan fingerprint density at radius 3 is 2.88 bits per heavy atom. The smallest absolute Gasteiger partial charge is 0.308 e. The van der Waals surface area contributed by atoms with Gasteiger partial charge in [0.2, 0.25) is 5.13 Å². The number of carbonyl (C=O) groups is 2. The minimum Gasteiger partial charge on any atom is -0.481 e. The molecule has 0 fully saturated rings. The highest BCUT2D eigenvalue weighted by Crippen LogP contribution is 2.19. The molecule has 0 spiro atoms. The summed E-state index contributed by atoms with van der Waals surface area (Å²) >= 11 is 2.45. The third-order valence-electron chi connectivity index (χ3n) is 1.88. The molecule has 0 aliphatic heterocycles. The van der Waals surface area contributed by atoms with E-state index >= 15 is 0 Å². The number of nitrogens with one attached hydrogen (secondary N) is 1. The lowest BCUT2D eigenvalue weighted by Crippen LogP contribution is -2.13. The van der Waals surface area contributed by atoms with Crippen molar-refractivity contribution in [1.82, 2.24) is 10.2 Å². The summed E-state index contributed by atoms with van der Waals surface area (Å²) in [5.74, 6) is -1.32. The first-order valence-corrected chi connectivity index (χ1v) is 6.28. The zero-order valence-corrected chi connectivity index (χ0v) is 10.0. The second-order valence-electron chi connectivity index (χ2n) is 3.03. The van der Waals surface area contributed by atoms with Crippen molar-refractivity contribution in [2.75, 3.05) is 5.32 Å². The van der Waals surface area contributed by atoms with Crippen LogP contribution in [0.1, 0.15) is 15.2 Å². The topological polar surface area (TPSA) is 92.2 Å². The Hall–Kier alpha value is -1.80. The largest absolute Gasteiger partial charge is 0.481 e. The maximum absolute atomic E-state index is 11.8. The Morgan fingerprint density at radius 1 is 1.41 bits per heavy atom. The summed E-state index contributed by atoms with van der Waals surface area (Å²) in [7, 11) is 0. The summed E-state index contributed by atoms with van der Waals surface area (Å²) in [5.41, 5.74) is 1.87. The second-order valence-corrected chi connectivity index (χ2v) is 4.86. The van der Waals surface area contributed by atoms with Gasteiger partial charge in [0, 0.05) is 4.88 Å². The number of anilines is 1. The van der Waals surface area contributed by atoms with Gasteiger partial charge < -0.3 is 5.11 Å². The van der Waals surface area contributed by atoms with Gasteiger partial charge in [0.15, 0.2) is 0 Å². The van der Waals surface area contributed by atoms with Crippen molar-refractivity contribution in [3.8, 4) is 0 Å². The molecule has 0 atom stereocenters. The molecule has 0 unspecified atom stereocenters. The molecule has 1 amide bonds. The van der Waals surface area contributed by atoms with E-state index in [1.807, 2.05) is 0 Å². The van der Waals surface area contributed by atoms with Crippen LogP contribution in [0.4, 0.5) is 5.13 Å². The molecule has 6 nitrogen and oxygen atoms in total. The lowest BCUT2D eigenvalue weighted by Gasteiger charge is -2.01. The number of amides is 1. The number of hydrogen-bond donors (Lipinski definition) is 2.